The highest BCUT2D eigenvalue weighted by atomic mass is 35.5. The van der Waals surface area contributed by atoms with Crippen molar-refractivity contribution in [2.45, 2.75) is 6.04 Å². The molecule has 2 aromatic carbocycles. The molecule has 1 N–H and O–H groups in total. The number of methoxy groups -OCH3 is 3. The molecule has 176 valence electrons. The van der Waals surface area contributed by atoms with Crippen LogP contribution in [0.3, 0.4) is 0 Å². The van der Waals surface area contributed by atoms with E-state index in [1.165, 1.54) is 32.3 Å². The number of rotatable bonds is 8. The van der Waals surface area contributed by atoms with Gasteiger partial charge in [-0.05, 0) is 50.5 Å². The summed E-state index contributed by atoms with van der Waals surface area (Å²) in [5.41, 5.74) is 0.765. The number of carbonyl (C=O) groups excluding carboxylic acids is 2. The van der Waals surface area contributed by atoms with E-state index in [-0.39, 0.29) is 22.9 Å². The number of aliphatic hydroxyl groups is 1. The zero-order valence-electron chi connectivity index (χ0n) is 19.2. The molecular formula is C24H27ClN2O6. The van der Waals surface area contributed by atoms with E-state index >= 15 is 0 Å². The quantitative estimate of drug-likeness (QED) is 0.356. The van der Waals surface area contributed by atoms with Crippen molar-refractivity contribution in [3.05, 3.63) is 58.1 Å². The van der Waals surface area contributed by atoms with Crippen molar-refractivity contribution in [2.75, 3.05) is 48.5 Å². The second-order valence-corrected chi connectivity index (χ2v) is 8.16. The molecule has 1 atom stereocenters. The average molecular weight is 475 g/mol. The third-order valence-corrected chi connectivity index (χ3v) is 5.78. The molecule has 33 heavy (non-hydrogen) atoms. The highest BCUT2D eigenvalue weighted by Gasteiger charge is 2.47. The SMILES string of the molecule is COc1ccc(OC)c([C@@H]2/C(=C(\O)c3ccc(OC)c(Cl)c3)C(=O)C(=O)N2CCN(C)C)c1. The molecule has 2 aromatic rings. The van der Waals surface area contributed by atoms with Crippen molar-refractivity contribution in [1.29, 1.82) is 0 Å². The first-order valence-electron chi connectivity index (χ1n) is 10.2. The normalized spacial score (nSPS) is 17.5. The van der Waals surface area contributed by atoms with Gasteiger partial charge in [-0.15, -0.1) is 0 Å². The molecule has 8 nitrogen and oxygen atoms in total. The number of hydrogen-bond acceptors (Lipinski definition) is 7. The molecule has 1 fully saturated rings. The summed E-state index contributed by atoms with van der Waals surface area (Å²) in [6.07, 6.45) is 0. The molecule has 9 heteroatoms. The smallest absolute Gasteiger partial charge is 0.295 e. The van der Waals surface area contributed by atoms with E-state index in [0.717, 1.165) is 0 Å². The number of Topliss-reactive ketones (excluding diaryl/α,β-unsaturated/α-hetero) is 1. The van der Waals surface area contributed by atoms with Crippen LogP contribution in [-0.2, 0) is 9.59 Å². The monoisotopic (exact) mass is 474 g/mol. The summed E-state index contributed by atoms with van der Waals surface area (Å²) in [5.74, 6) is -0.417. The third kappa shape index (κ3) is 4.77. The number of aliphatic hydroxyl groups excluding tert-OH is 1. The van der Waals surface area contributed by atoms with Gasteiger partial charge in [0.1, 0.15) is 23.0 Å². The summed E-state index contributed by atoms with van der Waals surface area (Å²) in [6, 6.07) is 8.89. The van der Waals surface area contributed by atoms with Crippen LogP contribution in [0.4, 0.5) is 0 Å². The standard InChI is InChI=1S/C24H27ClN2O6/c1-26(2)10-11-27-21(16-13-15(31-3)7-9-18(16)32-4)20(23(29)24(27)30)22(28)14-6-8-19(33-5)17(25)12-14/h6-9,12-13,21,28H,10-11H2,1-5H3/b22-20+/t21-/m1/s1. The highest BCUT2D eigenvalue weighted by Crippen LogP contribution is 2.44. The molecule has 0 radical (unpaired) electrons. The Balaban J connectivity index is 2.24. The predicted octanol–water partition coefficient (Wildman–Crippen LogP) is 3.35. The van der Waals surface area contributed by atoms with Gasteiger partial charge in [0.15, 0.2) is 0 Å². The minimum Gasteiger partial charge on any atom is -0.507 e. The number of ether oxygens (including phenoxy) is 3. The van der Waals surface area contributed by atoms with Crippen LogP contribution < -0.4 is 14.2 Å². The molecule has 1 aliphatic rings. The first kappa shape index (κ1) is 24.4. The number of ketones is 1. The number of halogens is 1. The number of hydrogen-bond donors (Lipinski definition) is 1. The number of likely N-dealkylation sites (tertiary alicyclic amines) is 1. The van der Waals surface area contributed by atoms with Crippen LogP contribution in [0.2, 0.25) is 5.02 Å². The fourth-order valence-corrected chi connectivity index (χ4v) is 4.02. The van der Waals surface area contributed by atoms with Crippen molar-refractivity contribution in [1.82, 2.24) is 9.80 Å². The van der Waals surface area contributed by atoms with E-state index in [9.17, 15) is 14.7 Å². The topological polar surface area (TPSA) is 88.5 Å². The van der Waals surface area contributed by atoms with Crippen LogP contribution in [0.5, 0.6) is 17.2 Å². The Morgan fingerprint density at radius 1 is 1.03 bits per heavy atom. The molecule has 0 aromatic heterocycles. The second-order valence-electron chi connectivity index (χ2n) is 7.75. The lowest BCUT2D eigenvalue weighted by Crippen LogP contribution is -2.35. The van der Waals surface area contributed by atoms with Gasteiger partial charge >= 0.3 is 0 Å². The molecule has 0 saturated carbocycles. The van der Waals surface area contributed by atoms with Gasteiger partial charge in [0, 0.05) is 24.2 Å². The van der Waals surface area contributed by atoms with Crippen molar-refractivity contribution in [3.8, 4) is 17.2 Å². The lowest BCUT2D eigenvalue weighted by atomic mass is 9.94. The van der Waals surface area contributed by atoms with Crippen LogP contribution in [0.25, 0.3) is 5.76 Å². The second kappa shape index (κ2) is 10.1. The number of benzene rings is 2. The molecule has 0 spiro atoms. The fourth-order valence-electron chi connectivity index (χ4n) is 3.76. The summed E-state index contributed by atoms with van der Waals surface area (Å²) < 4.78 is 16.1. The maximum Gasteiger partial charge on any atom is 0.295 e. The largest absolute Gasteiger partial charge is 0.507 e. The molecular weight excluding hydrogens is 448 g/mol. The summed E-state index contributed by atoms with van der Waals surface area (Å²) in [5, 5.41) is 11.5. The van der Waals surface area contributed by atoms with E-state index in [0.29, 0.717) is 34.9 Å². The molecule has 1 aliphatic heterocycles. The lowest BCUT2D eigenvalue weighted by Gasteiger charge is -2.28. The molecule has 1 amide bonds. The van der Waals surface area contributed by atoms with Crippen LogP contribution in [0.1, 0.15) is 17.2 Å². The highest BCUT2D eigenvalue weighted by molar-refractivity contribution is 6.46. The van der Waals surface area contributed by atoms with Crippen LogP contribution in [-0.4, -0.2) is 75.1 Å². The van der Waals surface area contributed by atoms with Crippen molar-refractivity contribution in [3.63, 3.8) is 0 Å². The zero-order chi connectivity index (χ0) is 24.3. The summed E-state index contributed by atoms with van der Waals surface area (Å²) in [4.78, 5) is 29.6. The van der Waals surface area contributed by atoms with Gasteiger partial charge in [-0.3, -0.25) is 9.59 Å². The fraction of sp³-hybridized carbons (Fsp3) is 0.333. The van der Waals surface area contributed by atoms with Gasteiger partial charge < -0.3 is 29.1 Å². The van der Waals surface area contributed by atoms with Gasteiger partial charge in [-0.25, -0.2) is 0 Å². The van der Waals surface area contributed by atoms with E-state index in [1.807, 2.05) is 19.0 Å². The molecule has 1 saturated heterocycles. The van der Waals surface area contributed by atoms with Gasteiger partial charge in [-0.2, -0.15) is 0 Å². The van der Waals surface area contributed by atoms with E-state index in [1.54, 1.807) is 30.3 Å². The third-order valence-electron chi connectivity index (χ3n) is 5.48. The Morgan fingerprint density at radius 3 is 2.27 bits per heavy atom. The molecule has 1 heterocycles. The number of carbonyl (C=O) groups is 2. The summed E-state index contributed by atoms with van der Waals surface area (Å²) in [6.45, 7) is 0.785. The van der Waals surface area contributed by atoms with Gasteiger partial charge in [0.25, 0.3) is 11.7 Å². The predicted molar refractivity (Wildman–Crippen MR) is 125 cm³/mol. The van der Waals surface area contributed by atoms with Gasteiger partial charge in [-0.1, -0.05) is 11.6 Å². The summed E-state index contributed by atoms with van der Waals surface area (Å²) >= 11 is 6.24. The van der Waals surface area contributed by atoms with Crippen molar-refractivity contribution in [2.24, 2.45) is 0 Å². The van der Waals surface area contributed by atoms with E-state index in [4.69, 9.17) is 25.8 Å². The maximum absolute atomic E-state index is 13.2. The Kier molecular flexibility index (Phi) is 7.50. The Bertz CT molecular complexity index is 1100. The first-order valence-corrected chi connectivity index (χ1v) is 10.6. The van der Waals surface area contributed by atoms with Crippen LogP contribution in [0, 0.1) is 0 Å². The lowest BCUT2D eigenvalue weighted by molar-refractivity contribution is -0.140. The first-order chi connectivity index (χ1) is 15.7. The van der Waals surface area contributed by atoms with Gasteiger partial charge in [0.2, 0.25) is 0 Å². The number of likely N-dealkylation sites (N-methyl/N-ethyl adjacent to an activating group) is 1. The van der Waals surface area contributed by atoms with Gasteiger partial charge in [0.05, 0.1) is 38.0 Å². The van der Waals surface area contributed by atoms with Crippen molar-refractivity contribution >= 4 is 29.1 Å². The molecule has 3 rings (SSSR count). The molecule has 0 aliphatic carbocycles. The Morgan fingerprint density at radius 2 is 1.70 bits per heavy atom. The van der Waals surface area contributed by atoms with Crippen molar-refractivity contribution < 1.29 is 28.9 Å². The Hall–Kier alpha value is -3.23. The zero-order valence-corrected chi connectivity index (χ0v) is 20.0. The van der Waals surface area contributed by atoms with Crippen LogP contribution in [0.15, 0.2) is 42.0 Å². The number of nitrogens with zero attached hydrogens (tertiary/aromatic N) is 2. The average Bonchev–Trinajstić information content (AvgIpc) is 3.06. The van der Waals surface area contributed by atoms with E-state index < -0.39 is 17.7 Å². The van der Waals surface area contributed by atoms with Crippen LogP contribution >= 0.6 is 11.6 Å². The minimum absolute atomic E-state index is 0.0495. The molecule has 0 bridgehead atoms. The maximum atomic E-state index is 13.2. The Labute approximate surface area is 197 Å². The number of amides is 1. The molecule has 0 unspecified atom stereocenters. The minimum atomic E-state index is -0.879. The summed E-state index contributed by atoms with van der Waals surface area (Å²) in [7, 11) is 8.24. The van der Waals surface area contributed by atoms with E-state index in [2.05, 4.69) is 0 Å².